The second-order valence-corrected chi connectivity index (χ2v) is 6.03. The molecule has 0 aromatic carbocycles. The van der Waals surface area contributed by atoms with Crippen LogP contribution >= 0.6 is 22.7 Å². The summed E-state index contributed by atoms with van der Waals surface area (Å²) < 4.78 is 0. The molecular weight excluding hydrogens is 266 g/mol. The number of carbonyl (C=O) groups is 1. The number of hydrogen-bond donors (Lipinski definition) is 2. The van der Waals surface area contributed by atoms with Gasteiger partial charge < -0.3 is 10.4 Å². The van der Waals surface area contributed by atoms with Gasteiger partial charge in [0, 0.05) is 21.1 Å². The lowest BCUT2D eigenvalue weighted by atomic mass is 10.2. The molecule has 3 nitrogen and oxygen atoms in total. The van der Waals surface area contributed by atoms with E-state index < -0.39 is 6.10 Å². The largest absolute Gasteiger partial charge is 0.382 e. The molecule has 0 radical (unpaired) electrons. The SMILES string of the molecule is CCC(=O)NCc1ccc(C(O)c2cccs2)s1. The first-order chi connectivity index (χ1) is 8.70. The van der Waals surface area contributed by atoms with Gasteiger partial charge in [0.2, 0.25) is 5.91 Å². The van der Waals surface area contributed by atoms with Crippen LogP contribution in [0, 0.1) is 0 Å². The Morgan fingerprint density at radius 1 is 1.39 bits per heavy atom. The summed E-state index contributed by atoms with van der Waals surface area (Å²) in [6.45, 7) is 2.37. The molecule has 2 aromatic heterocycles. The van der Waals surface area contributed by atoms with Crippen molar-refractivity contribution in [1.82, 2.24) is 5.32 Å². The second-order valence-electron chi connectivity index (χ2n) is 3.85. The summed E-state index contributed by atoms with van der Waals surface area (Å²) in [5.74, 6) is 0.0451. The zero-order chi connectivity index (χ0) is 13.0. The van der Waals surface area contributed by atoms with E-state index in [0.29, 0.717) is 13.0 Å². The molecule has 0 fully saturated rings. The fourth-order valence-corrected chi connectivity index (χ4v) is 3.29. The number of nitrogens with one attached hydrogen (secondary N) is 1. The van der Waals surface area contributed by atoms with Gasteiger partial charge in [0.1, 0.15) is 6.10 Å². The van der Waals surface area contributed by atoms with Crippen molar-refractivity contribution in [2.45, 2.75) is 26.0 Å². The summed E-state index contributed by atoms with van der Waals surface area (Å²) in [6.07, 6.45) is -0.0543. The van der Waals surface area contributed by atoms with Crippen molar-refractivity contribution in [2.24, 2.45) is 0 Å². The summed E-state index contributed by atoms with van der Waals surface area (Å²) in [6, 6.07) is 7.72. The molecule has 0 saturated carbocycles. The van der Waals surface area contributed by atoms with Crippen molar-refractivity contribution in [1.29, 1.82) is 0 Å². The zero-order valence-corrected chi connectivity index (χ0v) is 11.7. The van der Waals surface area contributed by atoms with Crippen LogP contribution in [0.15, 0.2) is 29.6 Å². The van der Waals surface area contributed by atoms with Gasteiger partial charge in [-0.2, -0.15) is 0 Å². The van der Waals surface area contributed by atoms with Crippen molar-refractivity contribution in [3.8, 4) is 0 Å². The molecule has 2 heterocycles. The highest BCUT2D eigenvalue weighted by molar-refractivity contribution is 7.12. The Labute approximate surface area is 114 Å². The fraction of sp³-hybridized carbons (Fsp3) is 0.308. The van der Waals surface area contributed by atoms with E-state index in [1.54, 1.807) is 11.3 Å². The first kappa shape index (κ1) is 13.3. The predicted molar refractivity (Wildman–Crippen MR) is 74.8 cm³/mol. The monoisotopic (exact) mass is 281 g/mol. The number of thiophene rings is 2. The molecule has 0 spiro atoms. The molecule has 18 heavy (non-hydrogen) atoms. The van der Waals surface area contributed by atoms with Crippen LogP contribution in [0.25, 0.3) is 0 Å². The van der Waals surface area contributed by atoms with E-state index in [0.717, 1.165) is 14.6 Å². The fourth-order valence-electron chi connectivity index (χ4n) is 1.53. The van der Waals surface area contributed by atoms with Gasteiger partial charge in [-0.1, -0.05) is 13.0 Å². The smallest absolute Gasteiger partial charge is 0.220 e. The highest BCUT2D eigenvalue weighted by Crippen LogP contribution is 2.30. The Balaban J connectivity index is 1.99. The van der Waals surface area contributed by atoms with Crippen LogP contribution in [0.2, 0.25) is 0 Å². The molecule has 2 N–H and O–H groups in total. The molecule has 2 aromatic rings. The van der Waals surface area contributed by atoms with Crippen LogP contribution in [0.3, 0.4) is 0 Å². The van der Waals surface area contributed by atoms with Crippen LogP contribution in [0.1, 0.15) is 34.1 Å². The highest BCUT2D eigenvalue weighted by atomic mass is 32.1. The van der Waals surface area contributed by atoms with Crippen LogP contribution in [-0.4, -0.2) is 11.0 Å². The van der Waals surface area contributed by atoms with Gasteiger partial charge in [-0.15, -0.1) is 22.7 Å². The van der Waals surface area contributed by atoms with E-state index >= 15 is 0 Å². The number of aliphatic hydroxyl groups excluding tert-OH is 1. The van der Waals surface area contributed by atoms with Crippen LogP contribution in [0.5, 0.6) is 0 Å². The molecule has 1 amide bonds. The Morgan fingerprint density at radius 2 is 2.22 bits per heavy atom. The molecule has 1 unspecified atom stereocenters. The molecule has 96 valence electrons. The molecular formula is C13H15NO2S2. The molecule has 5 heteroatoms. The lowest BCUT2D eigenvalue weighted by Crippen LogP contribution is -2.20. The minimum Gasteiger partial charge on any atom is -0.382 e. The van der Waals surface area contributed by atoms with Crippen LogP contribution in [-0.2, 0) is 11.3 Å². The standard InChI is InChI=1S/C13H15NO2S2/c1-2-12(15)14-8-9-5-6-11(18-9)13(16)10-4-3-7-17-10/h3-7,13,16H,2,8H2,1H3,(H,14,15). The number of hydrogen-bond acceptors (Lipinski definition) is 4. The van der Waals surface area contributed by atoms with Crippen molar-refractivity contribution >= 4 is 28.6 Å². The van der Waals surface area contributed by atoms with Gasteiger partial charge in [0.25, 0.3) is 0 Å². The third-order valence-electron chi connectivity index (χ3n) is 2.55. The normalized spacial score (nSPS) is 12.3. The molecule has 0 aliphatic carbocycles. The van der Waals surface area contributed by atoms with Gasteiger partial charge in [0.15, 0.2) is 0 Å². The summed E-state index contributed by atoms with van der Waals surface area (Å²) >= 11 is 3.08. The minimum absolute atomic E-state index is 0.0451. The molecule has 0 aliphatic heterocycles. The summed E-state index contributed by atoms with van der Waals surface area (Å²) in [5.41, 5.74) is 0. The summed E-state index contributed by atoms with van der Waals surface area (Å²) in [7, 11) is 0. The average molecular weight is 281 g/mol. The van der Waals surface area contributed by atoms with E-state index in [1.165, 1.54) is 11.3 Å². The first-order valence-corrected chi connectivity index (χ1v) is 7.47. The molecule has 0 saturated heterocycles. The molecule has 0 aliphatic rings. The topological polar surface area (TPSA) is 49.3 Å². The minimum atomic E-state index is -0.550. The molecule has 1 atom stereocenters. The van der Waals surface area contributed by atoms with E-state index in [1.807, 2.05) is 36.6 Å². The van der Waals surface area contributed by atoms with Crippen molar-refractivity contribution in [3.05, 3.63) is 44.3 Å². The van der Waals surface area contributed by atoms with Gasteiger partial charge in [0.05, 0.1) is 6.54 Å². The summed E-state index contributed by atoms with van der Waals surface area (Å²) in [5, 5.41) is 14.9. The van der Waals surface area contributed by atoms with E-state index in [4.69, 9.17) is 0 Å². The molecule has 0 bridgehead atoms. The van der Waals surface area contributed by atoms with Crippen LogP contribution in [0.4, 0.5) is 0 Å². The number of rotatable bonds is 5. The Morgan fingerprint density at radius 3 is 2.89 bits per heavy atom. The maximum Gasteiger partial charge on any atom is 0.220 e. The lowest BCUT2D eigenvalue weighted by molar-refractivity contribution is -0.120. The molecule has 2 rings (SSSR count). The second kappa shape index (κ2) is 6.13. The number of amides is 1. The third-order valence-corrected chi connectivity index (χ3v) is 4.61. The van der Waals surface area contributed by atoms with Crippen molar-refractivity contribution in [3.63, 3.8) is 0 Å². The maximum absolute atomic E-state index is 11.2. The van der Waals surface area contributed by atoms with Crippen molar-refractivity contribution < 1.29 is 9.90 Å². The Hall–Kier alpha value is -1.17. The van der Waals surface area contributed by atoms with E-state index in [2.05, 4.69) is 5.32 Å². The van der Waals surface area contributed by atoms with Crippen LogP contribution < -0.4 is 5.32 Å². The van der Waals surface area contributed by atoms with Gasteiger partial charge in [-0.3, -0.25) is 4.79 Å². The quantitative estimate of drug-likeness (QED) is 0.885. The lowest BCUT2D eigenvalue weighted by Gasteiger charge is -2.05. The maximum atomic E-state index is 11.2. The van der Waals surface area contributed by atoms with Gasteiger partial charge in [-0.05, 0) is 23.6 Å². The number of carbonyl (C=O) groups excluding carboxylic acids is 1. The average Bonchev–Trinajstić information content (AvgIpc) is 3.05. The predicted octanol–water partition coefficient (Wildman–Crippen LogP) is 2.92. The summed E-state index contributed by atoms with van der Waals surface area (Å²) in [4.78, 5) is 14.1. The zero-order valence-electron chi connectivity index (χ0n) is 10.1. The Kier molecular flexibility index (Phi) is 4.52. The third kappa shape index (κ3) is 3.19. The highest BCUT2D eigenvalue weighted by Gasteiger charge is 2.13. The van der Waals surface area contributed by atoms with Gasteiger partial charge in [-0.25, -0.2) is 0 Å². The first-order valence-electron chi connectivity index (χ1n) is 5.77. The van der Waals surface area contributed by atoms with E-state index in [9.17, 15) is 9.90 Å². The van der Waals surface area contributed by atoms with Crippen molar-refractivity contribution in [2.75, 3.05) is 0 Å². The van der Waals surface area contributed by atoms with Gasteiger partial charge >= 0.3 is 0 Å². The Bertz CT molecular complexity index is 505. The van der Waals surface area contributed by atoms with E-state index in [-0.39, 0.29) is 5.91 Å². The number of aliphatic hydroxyl groups is 1.